The van der Waals surface area contributed by atoms with Crippen LogP contribution in [-0.4, -0.2) is 41.9 Å². The zero-order valence-electron chi connectivity index (χ0n) is 16.2. The molecule has 9 nitrogen and oxygen atoms in total. The molecule has 11 heteroatoms. The van der Waals surface area contributed by atoms with Gasteiger partial charge in [-0.1, -0.05) is 0 Å². The molecule has 0 bridgehead atoms. The Morgan fingerprint density at radius 1 is 1.00 bits per heavy atom. The van der Waals surface area contributed by atoms with Gasteiger partial charge in [-0.15, -0.1) is 11.8 Å². The maximum Gasteiger partial charge on any atom is 0.240 e. The molecule has 0 aliphatic carbocycles. The van der Waals surface area contributed by atoms with E-state index in [-0.39, 0.29) is 4.90 Å². The third-order valence-corrected chi connectivity index (χ3v) is 6.60. The summed E-state index contributed by atoms with van der Waals surface area (Å²) >= 11 is 1.50. The third kappa shape index (κ3) is 4.22. The molecule has 4 N–H and O–H groups in total. The second-order valence-electron chi connectivity index (χ2n) is 6.28. The number of sulfonamides is 1. The van der Waals surface area contributed by atoms with E-state index in [9.17, 15) is 8.42 Å². The first kappa shape index (κ1) is 20.1. The van der Waals surface area contributed by atoms with Crippen molar-refractivity contribution < 1.29 is 8.42 Å². The van der Waals surface area contributed by atoms with Gasteiger partial charge in [-0.3, -0.25) is 5.10 Å². The monoisotopic (exact) mass is 441 g/mol. The Morgan fingerprint density at radius 3 is 2.57 bits per heavy atom. The van der Waals surface area contributed by atoms with E-state index in [0.29, 0.717) is 17.3 Å². The van der Waals surface area contributed by atoms with Crippen LogP contribution in [0.25, 0.3) is 10.9 Å². The second-order valence-corrected chi connectivity index (χ2v) is 9.01. The number of fused-ring (bicyclic) bond motifs is 1. The van der Waals surface area contributed by atoms with Gasteiger partial charge in [0, 0.05) is 22.0 Å². The van der Waals surface area contributed by atoms with Gasteiger partial charge in [0.1, 0.15) is 18.0 Å². The highest BCUT2D eigenvalue weighted by Gasteiger charge is 2.14. The number of nitrogens with zero attached hydrogens (tertiary/aromatic N) is 3. The van der Waals surface area contributed by atoms with E-state index in [2.05, 4.69) is 35.5 Å². The number of benzene rings is 2. The number of rotatable bonds is 7. The fourth-order valence-corrected chi connectivity index (χ4v) is 4.16. The molecule has 0 spiro atoms. The van der Waals surface area contributed by atoms with E-state index in [1.165, 1.54) is 25.1 Å². The van der Waals surface area contributed by atoms with E-state index in [1.807, 2.05) is 24.5 Å². The summed E-state index contributed by atoms with van der Waals surface area (Å²) in [5.41, 5.74) is 2.45. The highest BCUT2D eigenvalue weighted by Crippen LogP contribution is 2.30. The van der Waals surface area contributed by atoms with Gasteiger partial charge in [-0.05, 0) is 49.7 Å². The summed E-state index contributed by atoms with van der Waals surface area (Å²) in [4.78, 5) is 9.58. The van der Waals surface area contributed by atoms with E-state index < -0.39 is 10.0 Å². The average Bonchev–Trinajstić information content (AvgIpc) is 3.22. The SMILES string of the molecule is CNS(=O)(=O)c1ccc(SC)c(Nc2cc(Nc3ccc4[nH]ncc4c3)ncn2)c1. The van der Waals surface area contributed by atoms with Crippen LogP contribution < -0.4 is 15.4 Å². The highest BCUT2D eigenvalue weighted by molar-refractivity contribution is 7.98. The number of H-pyrrole nitrogens is 1. The Labute approximate surface area is 177 Å². The van der Waals surface area contributed by atoms with Crippen LogP contribution >= 0.6 is 11.8 Å². The molecule has 0 saturated heterocycles. The van der Waals surface area contributed by atoms with Gasteiger partial charge in [0.2, 0.25) is 10.0 Å². The van der Waals surface area contributed by atoms with Crippen LogP contribution in [0.15, 0.2) is 64.8 Å². The Bertz CT molecular complexity index is 1310. The predicted octanol–water partition coefficient (Wildman–Crippen LogP) is 3.47. The van der Waals surface area contributed by atoms with Crippen molar-refractivity contribution in [3.63, 3.8) is 0 Å². The van der Waals surface area contributed by atoms with Crippen LogP contribution in [0.4, 0.5) is 23.0 Å². The molecule has 0 radical (unpaired) electrons. The van der Waals surface area contributed by atoms with Crippen LogP contribution in [0.5, 0.6) is 0 Å². The first-order valence-corrected chi connectivity index (χ1v) is 11.6. The van der Waals surface area contributed by atoms with E-state index in [0.717, 1.165) is 21.5 Å². The minimum absolute atomic E-state index is 0.172. The lowest BCUT2D eigenvalue weighted by molar-refractivity contribution is 0.588. The molecule has 30 heavy (non-hydrogen) atoms. The summed E-state index contributed by atoms with van der Waals surface area (Å²) in [5, 5.41) is 14.4. The summed E-state index contributed by atoms with van der Waals surface area (Å²) in [6.07, 6.45) is 5.11. The van der Waals surface area contributed by atoms with Crippen molar-refractivity contribution in [2.45, 2.75) is 9.79 Å². The molecule has 4 aromatic rings. The van der Waals surface area contributed by atoms with Crippen molar-refractivity contribution in [3.05, 3.63) is 55.0 Å². The molecule has 2 aromatic heterocycles. The van der Waals surface area contributed by atoms with Gasteiger partial charge < -0.3 is 10.6 Å². The summed E-state index contributed by atoms with van der Waals surface area (Å²) in [7, 11) is -2.17. The van der Waals surface area contributed by atoms with Crippen molar-refractivity contribution in [2.75, 3.05) is 23.9 Å². The van der Waals surface area contributed by atoms with Gasteiger partial charge in [0.25, 0.3) is 0 Å². The van der Waals surface area contributed by atoms with Crippen molar-refractivity contribution in [1.82, 2.24) is 24.9 Å². The van der Waals surface area contributed by atoms with E-state index >= 15 is 0 Å². The normalized spacial score (nSPS) is 11.5. The highest BCUT2D eigenvalue weighted by atomic mass is 32.2. The molecule has 0 amide bonds. The first-order chi connectivity index (χ1) is 14.5. The lowest BCUT2D eigenvalue weighted by atomic mass is 10.2. The number of nitrogens with one attached hydrogen (secondary N) is 4. The van der Waals surface area contributed by atoms with Crippen molar-refractivity contribution in [1.29, 1.82) is 0 Å². The molecule has 4 rings (SSSR count). The van der Waals surface area contributed by atoms with Crippen molar-refractivity contribution in [3.8, 4) is 0 Å². The molecule has 2 heterocycles. The average molecular weight is 442 g/mol. The smallest absolute Gasteiger partial charge is 0.240 e. The predicted molar refractivity (Wildman–Crippen MR) is 119 cm³/mol. The second kappa shape index (κ2) is 8.30. The maximum absolute atomic E-state index is 12.1. The van der Waals surface area contributed by atoms with Crippen LogP contribution in [0.3, 0.4) is 0 Å². The van der Waals surface area contributed by atoms with Gasteiger partial charge in [-0.25, -0.2) is 23.1 Å². The van der Waals surface area contributed by atoms with Crippen LogP contribution in [0.2, 0.25) is 0 Å². The van der Waals surface area contributed by atoms with Crippen LogP contribution in [0, 0.1) is 0 Å². The third-order valence-electron chi connectivity index (χ3n) is 4.39. The first-order valence-electron chi connectivity index (χ1n) is 8.89. The molecule has 0 atom stereocenters. The largest absolute Gasteiger partial charge is 0.340 e. The number of anilines is 4. The van der Waals surface area contributed by atoms with Crippen molar-refractivity contribution >= 4 is 55.7 Å². The maximum atomic E-state index is 12.1. The number of thioether (sulfide) groups is 1. The molecule has 0 fully saturated rings. The zero-order chi connectivity index (χ0) is 21.1. The molecular formula is C19H19N7O2S2. The molecule has 0 aliphatic rings. The summed E-state index contributed by atoms with van der Waals surface area (Å²) in [6, 6.07) is 12.5. The van der Waals surface area contributed by atoms with Gasteiger partial charge in [0.05, 0.1) is 22.3 Å². The topological polar surface area (TPSA) is 125 Å². The number of hydrogen-bond acceptors (Lipinski definition) is 8. The van der Waals surface area contributed by atoms with Gasteiger partial charge in [-0.2, -0.15) is 5.10 Å². The Morgan fingerprint density at radius 2 is 1.80 bits per heavy atom. The van der Waals surface area contributed by atoms with Gasteiger partial charge in [0.15, 0.2) is 0 Å². The van der Waals surface area contributed by atoms with Crippen molar-refractivity contribution in [2.24, 2.45) is 0 Å². The number of aromatic amines is 1. The summed E-state index contributed by atoms with van der Waals surface area (Å²) < 4.78 is 26.6. The standard InChI is InChI=1S/C19H19N7O2S2/c1-20-30(27,28)14-4-6-17(29-2)16(8-14)25-19-9-18(21-11-22-19)24-13-3-5-15-12(7-13)10-23-26-15/h3-11,20H,1-2H3,(H,23,26)(H2,21,22,24,25). The number of aromatic nitrogens is 4. The minimum atomic E-state index is -3.55. The minimum Gasteiger partial charge on any atom is -0.340 e. The number of hydrogen-bond donors (Lipinski definition) is 4. The van der Waals surface area contributed by atoms with Crippen LogP contribution in [0.1, 0.15) is 0 Å². The molecule has 154 valence electrons. The van der Waals surface area contributed by atoms with E-state index in [1.54, 1.807) is 30.5 Å². The molecular weight excluding hydrogens is 422 g/mol. The quantitative estimate of drug-likeness (QED) is 0.321. The fourth-order valence-electron chi connectivity index (χ4n) is 2.87. The summed E-state index contributed by atoms with van der Waals surface area (Å²) in [6.45, 7) is 0. The zero-order valence-corrected chi connectivity index (χ0v) is 17.8. The van der Waals surface area contributed by atoms with Gasteiger partial charge >= 0.3 is 0 Å². The molecule has 0 saturated carbocycles. The van der Waals surface area contributed by atoms with E-state index in [4.69, 9.17) is 0 Å². The summed E-state index contributed by atoms with van der Waals surface area (Å²) in [5.74, 6) is 1.13. The van der Waals surface area contributed by atoms with Crippen LogP contribution in [-0.2, 0) is 10.0 Å². The molecule has 0 unspecified atom stereocenters. The Balaban J connectivity index is 1.60. The Kier molecular flexibility index (Phi) is 5.57. The molecule has 0 aliphatic heterocycles. The lowest BCUT2D eigenvalue weighted by Crippen LogP contribution is -2.18. The Hall–Kier alpha value is -3.15. The fraction of sp³-hybridized carbons (Fsp3) is 0.105. The molecule has 2 aromatic carbocycles. The lowest BCUT2D eigenvalue weighted by Gasteiger charge is -2.13.